The van der Waals surface area contributed by atoms with Gasteiger partial charge in [0.15, 0.2) is 0 Å². The van der Waals surface area contributed by atoms with Crippen molar-refractivity contribution >= 4 is 11.9 Å². The molecule has 0 bridgehead atoms. The predicted octanol–water partition coefficient (Wildman–Crippen LogP) is 1.35. The number of nitrogens with one attached hydrogen (secondary N) is 1. The average molecular weight is 267 g/mol. The number of hydrogen-bond donors (Lipinski definition) is 2. The average Bonchev–Trinajstić information content (AvgIpc) is 2.54. The fraction of sp³-hybridized carbons (Fsp3) is 0.615. The Morgan fingerprint density at radius 1 is 1.47 bits per heavy atom. The van der Waals surface area contributed by atoms with E-state index in [1.54, 1.807) is 20.0 Å². The molecule has 0 aromatic carbocycles. The molecule has 1 unspecified atom stereocenters. The summed E-state index contributed by atoms with van der Waals surface area (Å²) in [6, 6.07) is 1.24. The number of hydrogen-bond acceptors (Lipinski definition) is 3. The summed E-state index contributed by atoms with van der Waals surface area (Å²) in [6.45, 7) is 7.50. The van der Waals surface area contributed by atoms with Crippen molar-refractivity contribution in [2.24, 2.45) is 12.5 Å². The number of rotatable bonds is 4. The summed E-state index contributed by atoms with van der Waals surface area (Å²) in [5.74, 6) is -1.23. The SMILES string of the molecule is Cc1cc(C(=O)NC(CC(=O)O)C(C)(C)C)n(C)n1. The molecule has 1 atom stereocenters. The van der Waals surface area contributed by atoms with Crippen LogP contribution in [0.5, 0.6) is 0 Å². The maximum absolute atomic E-state index is 12.2. The van der Waals surface area contributed by atoms with Crippen LogP contribution in [0.1, 0.15) is 43.4 Å². The summed E-state index contributed by atoms with van der Waals surface area (Å²) in [5.41, 5.74) is 0.845. The summed E-state index contributed by atoms with van der Waals surface area (Å²) < 4.78 is 1.49. The number of aromatic nitrogens is 2. The molecule has 0 saturated heterocycles. The van der Waals surface area contributed by atoms with Crippen molar-refractivity contribution in [1.29, 1.82) is 0 Å². The second kappa shape index (κ2) is 5.42. The van der Waals surface area contributed by atoms with Crippen LogP contribution in [0.2, 0.25) is 0 Å². The third-order valence-electron chi connectivity index (χ3n) is 2.96. The smallest absolute Gasteiger partial charge is 0.305 e. The molecular formula is C13H21N3O3. The van der Waals surface area contributed by atoms with Crippen LogP contribution < -0.4 is 5.32 Å². The highest BCUT2D eigenvalue weighted by Crippen LogP contribution is 2.22. The number of nitrogens with zero attached hydrogens (tertiary/aromatic N) is 2. The lowest BCUT2D eigenvalue weighted by Gasteiger charge is -2.30. The van der Waals surface area contributed by atoms with Crippen molar-refractivity contribution in [2.75, 3.05) is 0 Å². The number of carbonyl (C=O) groups excluding carboxylic acids is 1. The Bertz CT molecular complexity index is 486. The molecule has 1 aromatic rings. The number of aliphatic carboxylic acids is 1. The van der Waals surface area contributed by atoms with Crippen LogP contribution in [0.3, 0.4) is 0 Å². The van der Waals surface area contributed by atoms with Crippen LogP contribution in [0.25, 0.3) is 0 Å². The van der Waals surface area contributed by atoms with Crippen molar-refractivity contribution in [1.82, 2.24) is 15.1 Å². The monoisotopic (exact) mass is 267 g/mol. The Kier molecular flexibility index (Phi) is 4.34. The van der Waals surface area contributed by atoms with Crippen LogP contribution in [0, 0.1) is 12.3 Å². The van der Waals surface area contributed by atoms with E-state index in [0.29, 0.717) is 5.69 Å². The van der Waals surface area contributed by atoms with Crippen LogP contribution in [-0.4, -0.2) is 32.8 Å². The first-order valence-electron chi connectivity index (χ1n) is 6.14. The minimum Gasteiger partial charge on any atom is -0.481 e. The number of carboxylic acid groups (broad SMARTS) is 1. The van der Waals surface area contributed by atoms with Gasteiger partial charge in [0.05, 0.1) is 12.1 Å². The first-order chi connectivity index (χ1) is 8.61. The maximum Gasteiger partial charge on any atom is 0.305 e. The van der Waals surface area contributed by atoms with Crippen LogP contribution in [0.15, 0.2) is 6.07 Å². The molecule has 1 aromatic heterocycles. The maximum atomic E-state index is 12.2. The zero-order chi connectivity index (χ0) is 14.8. The lowest BCUT2D eigenvalue weighted by molar-refractivity contribution is -0.138. The van der Waals surface area contributed by atoms with E-state index >= 15 is 0 Å². The molecule has 6 heteroatoms. The zero-order valence-electron chi connectivity index (χ0n) is 12.0. The second-order valence-electron chi connectivity index (χ2n) is 5.78. The van der Waals surface area contributed by atoms with Gasteiger partial charge in [0.2, 0.25) is 0 Å². The van der Waals surface area contributed by atoms with E-state index in [-0.39, 0.29) is 17.7 Å². The second-order valence-corrected chi connectivity index (χ2v) is 5.78. The van der Waals surface area contributed by atoms with Gasteiger partial charge in [0, 0.05) is 13.1 Å². The van der Waals surface area contributed by atoms with E-state index in [0.717, 1.165) is 5.69 Å². The molecule has 0 aliphatic carbocycles. The number of aryl methyl sites for hydroxylation is 2. The van der Waals surface area contributed by atoms with Crippen LogP contribution in [0.4, 0.5) is 0 Å². The van der Waals surface area contributed by atoms with Crippen molar-refractivity contribution < 1.29 is 14.7 Å². The molecule has 1 amide bonds. The van der Waals surface area contributed by atoms with Gasteiger partial charge >= 0.3 is 5.97 Å². The van der Waals surface area contributed by atoms with E-state index in [2.05, 4.69) is 10.4 Å². The highest BCUT2D eigenvalue weighted by atomic mass is 16.4. The van der Waals surface area contributed by atoms with E-state index in [1.165, 1.54) is 4.68 Å². The molecule has 106 valence electrons. The molecule has 19 heavy (non-hydrogen) atoms. The van der Waals surface area contributed by atoms with E-state index in [1.807, 2.05) is 20.8 Å². The Labute approximate surface area is 112 Å². The molecular weight excluding hydrogens is 246 g/mol. The van der Waals surface area contributed by atoms with Crippen LogP contribution in [-0.2, 0) is 11.8 Å². The number of carbonyl (C=O) groups is 2. The van der Waals surface area contributed by atoms with Gasteiger partial charge in [-0.05, 0) is 18.4 Å². The highest BCUT2D eigenvalue weighted by Gasteiger charge is 2.29. The van der Waals surface area contributed by atoms with E-state index in [4.69, 9.17) is 5.11 Å². The summed E-state index contributed by atoms with van der Waals surface area (Å²) in [6.07, 6.45) is -0.105. The molecule has 2 N–H and O–H groups in total. The first-order valence-corrected chi connectivity index (χ1v) is 6.14. The highest BCUT2D eigenvalue weighted by molar-refractivity contribution is 5.93. The third-order valence-corrected chi connectivity index (χ3v) is 2.96. The quantitative estimate of drug-likeness (QED) is 0.862. The number of carboxylic acids is 1. The summed E-state index contributed by atoms with van der Waals surface area (Å²) in [5, 5.41) is 15.8. The van der Waals surface area contributed by atoms with Crippen molar-refractivity contribution in [2.45, 2.75) is 40.2 Å². The van der Waals surface area contributed by atoms with Gasteiger partial charge in [-0.25, -0.2) is 0 Å². The molecule has 0 aliphatic rings. The summed E-state index contributed by atoms with van der Waals surface area (Å²) in [4.78, 5) is 23.0. The van der Waals surface area contributed by atoms with E-state index in [9.17, 15) is 9.59 Å². The molecule has 6 nitrogen and oxygen atoms in total. The van der Waals surface area contributed by atoms with Crippen molar-refractivity contribution in [3.8, 4) is 0 Å². The Morgan fingerprint density at radius 3 is 2.42 bits per heavy atom. The first kappa shape index (κ1) is 15.2. The summed E-state index contributed by atoms with van der Waals surface area (Å²) >= 11 is 0. The normalized spacial score (nSPS) is 13.1. The fourth-order valence-electron chi connectivity index (χ4n) is 1.80. The van der Waals surface area contributed by atoms with Crippen molar-refractivity contribution in [3.05, 3.63) is 17.5 Å². The fourth-order valence-corrected chi connectivity index (χ4v) is 1.80. The van der Waals surface area contributed by atoms with Gasteiger partial charge in [-0.15, -0.1) is 0 Å². The van der Waals surface area contributed by atoms with Gasteiger partial charge in [-0.3, -0.25) is 14.3 Å². The predicted molar refractivity (Wildman–Crippen MR) is 70.9 cm³/mol. The van der Waals surface area contributed by atoms with Gasteiger partial charge in [0.1, 0.15) is 5.69 Å². The summed E-state index contributed by atoms with van der Waals surface area (Å²) in [7, 11) is 1.69. The minimum absolute atomic E-state index is 0.105. The lowest BCUT2D eigenvalue weighted by Crippen LogP contribution is -2.45. The third kappa shape index (κ3) is 4.08. The lowest BCUT2D eigenvalue weighted by atomic mass is 9.84. The Balaban J connectivity index is 2.88. The Hall–Kier alpha value is -1.85. The standard InChI is InChI=1S/C13H21N3O3/c1-8-6-9(16(5)15-8)12(19)14-10(7-11(17)18)13(2,3)4/h6,10H,7H2,1-5H3,(H,14,19)(H,17,18). The molecule has 0 aliphatic heterocycles. The van der Waals surface area contributed by atoms with Gasteiger partial charge < -0.3 is 10.4 Å². The van der Waals surface area contributed by atoms with Crippen LogP contribution >= 0.6 is 0 Å². The molecule has 1 heterocycles. The largest absolute Gasteiger partial charge is 0.481 e. The number of amides is 1. The van der Waals surface area contributed by atoms with E-state index < -0.39 is 12.0 Å². The zero-order valence-corrected chi connectivity index (χ0v) is 12.0. The molecule has 0 saturated carbocycles. The Morgan fingerprint density at radius 2 is 2.05 bits per heavy atom. The molecule has 0 spiro atoms. The molecule has 0 fully saturated rings. The van der Waals surface area contributed by atoms with Gasteiger partial charge in [-0.1, -0.05) is 20.8 Å². The molecule has 0 radical (unpaired) electrons. The minimum atomic E-state index is -0.929. The topological polar surface area (TPSA) is 84.2 Å². The van der Waals surface area contributed by atoms with Crippen molar-refractivity contribution in [3.63, 3.8) is 0 Å². The van der Waals surface area contributed by atoms with Gasteiger partial charge in [0.25, 0.3) is 5.91 Å². The van der Waals surface area contributed by atoms with Gasteiger partial charge in [-0.2, -0.15) is 5.10 Å². The molecule has 1 rings (SSSR count).